The van der Waals surface area contributed by atoms with Crippen LogP contribution in [0.5, 0.6) is 0 Å². The molecule has 0 atom stereocenters. The van der Waals surface area contributed by atoms with Crippen LogP contribution < -0.4 is 5.73 Å². The predicted molar refractivity (Wildman–Crippen MR) is 83.5 cm³/mol. The van der Waals surface area contributed by atoms with E-state index in [1.165, 1.54) is 12.8 Å². The predicted octanol–water partition coefficient (Wildman–Crippen LogP) is 3.34. The molecule has 0 radical (unpaired) electrons. The third kappa shape index (κ3) is 2.82. The fourth-order valence-electron chi connectivity index (χ4n) is 3.17. The molecule has 3 nitrogen and oxygen atoms in total. The van der Waals surface area contributed by atoms with Crippen LogP contribution in [0.4, 0.5) is 5.69 Å². The number of nitrogen functional groups attached to an aromatic ring is 1. The fraction of sp³-hybridized carbons (Fsp3) is 0.588. The van der Waals surface area contributed by atoms with Gasteiger partial charge in [0.25, 0.3) is 0 Å². The molecule has 2 N–H and O–H groups in total. The summed E-state index contributed by atoms with van der Waals surface area (Å²) in [6, 6.07) is 8.11. The van der Waals surface area contributed by atoms with E-state index in [0.29, 0.717) is 6.04 Å². The summed E-state index contributed by atoms with van der Waals surface area (Å²) in [6.07, 6.45) is 4.79. The van der Waals surface area contributed by atoms with Crippen molar-refractivity contribution in [2.45, 2.75) is 57.9 Å². The molecule has 1 aromatic carbocycles. The van der Waals surface area contributed by atoms with Gasteiger partial charge < -0.3 is 10.6 Å². The number of hydrogen-bond donors (Lipinski definition) is 1. The standard InChI is InChI=1S/C17H26N2O/c1-4-19(15-7-5-6-8-15)16(20)17(2,3)13-9-11-14(18)12-10-13/h9-12,15H,4-8,18H2,1-3H3. The van der Waals surface area contributed by atoms with Gasteiger partial charge in [0.15, 0.2) is 0 Å². The molecule has 0 heterocycles. The summed E-state index contributed by atoms with van der Waals surface area (Å²) in [5.41, 5.74) is 7.01. The first kappa shape index (κ1) is 14.9. The molecule has 0 saturated heterocycles. The average Bonchev–Trinajstić information content (AvgIpc) is 2.94. The average molecular weight is 274 g/mol. The molecular formula is C17H26N2O. The Labute approximate surface area is 122 Å². The SMILES string of the molecule is CCN(C(=O)C(C)(C)c1ccc(N)cc1)C1CCCC1. The lowest BCUT2D eigenvalue weighted by Crippen LogP contribution is -2.47. The molecule has 1 amide bonds. The third-order valence-corrected chi connectivity index (χ3v) is 4.53. The van der Waals surface area contributed by atoms with Crippen LogP contribution in [0.3, 0.4) is 0 Å². The highest BCUT2D eigenvalue weighted by atomic mass is 16.2. The Morgan fingerprint density at radius 1 is 1.25 bits per heavy atom. The molecule has 1 aromatic rings. The van der Waals surface area contributed by atoms with E-state index in [4.69, 9.17) is 5.73 Å². The van der Waals surface area contributed by atoms with Crippen molar-refractivity contribution in [3.63, 3.8) is 0 Å². The van der Waals surface area contributed by atoms with Gasteiger partial charge in [0.05, 0.1) is 5.41 Å². The Kier molecular flexibility index (Phi) is 4.36. The number of nitrogens with two attached hydrogens (primary N) is 1. The van der Waals surface area contributed by atoms with E-state index < -0.39 is 5.41 Å². The minimum atomic E-state index is -0.494. The minimum Gasteiger partial charge on any atom is -0.399 e. The van der Waals surface area contributed by atoms with Crippen molar-refractivity contribution >= 4 is 11.6 Å². The summed E-state index contributed by atoms with van der Waals surface area (Å²) >= 11 is 0. The third-order valence-electron chi connectivity index (χ3n) is 4.53. The molecule has 0 aliphatic heterocycles. The summed E-state index contributed by atoms with van der Waals surface area (Å²) < 4.78 is 0. The van der Waals surface area contributed by atoms with E-state index in [0.717, 1.165) is 30.6 Å². The van der Waals surface area contributed by atoms with Gasteiger partial charge in [0.2, 0.25) is 5.91 Å². The van der Waals surface area contributed by atoms with Crippen molar-refractivity contribution in [2.24, 2.45) is 0 Å². The zero-order valence-electron chi connectivity index (χ0n) is 12.9. The number of amides is 1. The van der Waals surface area contributed by atoms with Crippen molar-refractivity contribution in [3.05, 3.63) is 29.8 Å². The molecule has 20 heavy (non-hydrogen) atoms. The number of carbonyl (C=O) groups excluding carboxylic acids is 1. The second-order valence-corrected chi connectivity index (χ2v) is 6.28. The maximum Gasteiger partial charge on any atom is 0.232 e. The van der Waals surface area contributed by atoms with Gasteiger partial charge in [-0.25, -0.2) is 0 Å². The summed E-state index contributed by atoms with van der Waals surface area (Å²) in [4.78, 5) is 15.0. The van der Waals surface area contributed by atoms with Crippen molar-refractivity contribution in [1.29, 1.82) is 0 Å². The lowest BCUT2D eigenvalue weighted by Gasteiger charge is -2.35. The highest BCUT2D eigenvalue weighted by molar-refractivity contribution is 5.87. The second-order valence-electron chi connectivity index (χ2n) is 6.28. The number of anilines is 1. The zero-order valence-corrected chi connectivity index (χ0v) is 12.9. The molecule has 1 fully saturated rings. The molecule has 110 valence electrons. The second kappa shape index (κ2) is 5.86. The Morgan fingerprint density at radius 3 is 2.30 bits per heavy atom. The number of hydrogen-bond acceptors (Lipinski definition) is 2. The maximum atomic E-state index is 13.0. The van der Waals surface area contributed by atoms with Crippen molar-refractivity contribution in [3.8, 4) is 0 Å². The monoisotopic (exact) mass is 274 g/mol. The molecule has 1 aliphatic carbocycles. The number of rotatable bonds is 4. The van der Waals surface area contributed by atoms with Crippen LogP contribution in [-0.4, -0.2) is 23.4 Å². The Hall–Kier alpha value is -1.51. The Morgan fingerprint density at radius 2 is 1.80 bits per heavy atom. The molecule has 2 rings (SSSR count). The molecule has 1 saturated carbocycles. The van der Waals surface area contributed by atoms with Crippen LogP contribution in [0.2, 0.25) is 0 Å². The first-order valence-corrected chi connectivity index (χ1v) is 7.64. The summed E-state index contributed by atoms with van der Waals surface area (Å²) in [5, 5.41) is 0. The number of nitrogens with zero attached hydrogens (tertiary/aromatic N) is 1. The van der Waals surface area contributed by atoms with E-state index in [1.807, 2.05) is 38.1 Å². The van der Waals surface area contributed by atoms with Gasteiger partial charge in [-0.2, -0.15) is 0 Å². The molecule has 0 aromatic heterocycles. The Balaban J connectivity index is 2.22. The molecule has 0 spiro atoms. The van der Waals surface area contributed by atoms with E-state index in [-0.39, 0.29) is 5.91 Å². The molecule has 3 heteroatoms. The van der Waals surface area contributed by atoms with Crippen LogP contribution in [0, 0.1) is 0 Å². The number of likely N-dealkylation sites (N-methyl/N-ethyl adjacent to an activating group) is 1. The highest BCUT2D eigenvalue weighted by Gasteiger charge is 2.36. The molecule has 0 bridgehead atoms. The van der Waals surface area contributed by atoms with Crippen LogP contribution in [0.15, 0.2) is 24.3 Å². The highest BCUT2D eigenvalue weighted by Crippen LogP contribution is 2.31. The van der Waals surface area contributed by atoms with Gasteiger partial charge in [0, 0.05) is 18.3 Å². The summed E-state index contributed by atoms with van der Waals surface area (Å²) in [6.45, 7) is 6.90. The van der Waals surface area contributed by atoms with Crippen LogP contribution in [0.25, 0.3) is 0 Å². The van der Waals surface area contributed by atoms with Gasteiger partial charge in [-0.05, 0) is 51.3 Å². The topological polar surface area (TPSA) is 46.3 Å². The van der Waals surface area contributed by atoms with Crippen molar-refractivity contribution in [2.75, 3.05) is 12.3 Å². The first-order valence-electron chi connectivity index (χ1n) is 7.64. The fourth-order valence-corrected chi connectivity index (χ4v) is 3.17. The van der Waals surface area contributed by atoms with Gasteiger partial charge in [-0.15, -0.1) is 0 Å². The van der Waals surface area contributed by atoms with Crippen LogP contribution >= 0.6 is 0 Å². The minimum absolute atomic E-state index is 0.233. The van der Waals surface area contributed by atoms with E-state index in [9.17, 15) is 4.79 Å². The van der Waals surface area contributed by atoms with Gasteiger partial charge in [-0.1, -0.05) is 25.0 Å². The van der Waals surface area contributed by atoms with Crippen LogP contribution in [-0.2, 0) is 10.2 Å². The Bertz CT molecular complexity index is 458. The normalized spacial score (nSPS) is 16.4. The van der Waals surface area contributed by atoms with Crippen molar-refractivity contribution in [1.82, 2.24) is 4.90 Å². The van der Waals surface area contributed by atoms with E-state index in [2.05, 4.69) is 11.8 Å². The molecule has 0 unspecified atom stereocenters. The number of benzene rings is 1. The van der Waals surface area contributed by atoms with Crippen LogP contribution in [0.1, 0.15) is 52.0 Å². The molecule has 1 aliphatic rings. The lowest BCUT2D eigenvalue weighted by atomic mass is 9.82. The van der Waals surface area contributed by atoms with E-state index >= 15 is 0 Å². The van der Waals surface area contributed by atoms with Gasteiger partial charge in [0.1, 0.15) is 0 Å². The summed E-state index contributed by atoms with van der Waals surface area (Å²) in [5.74, 6) is 0.233. The largest absolute Gasteiger partial charge is 0.399 e. The smallest absolute Gasteiger partial charge is 0.232 e. The first-order chi connectivity index (χ1) is 9.46. The maximum absolute atomic E-state index is 13.0. The van der Waals surface area contributed by atoms with Gasteiger partial charge >= 0.3 is 0 Å². The van der Waals surface area contributed by atoms with Gasteiger partial charge in [-0.3, -0.25) is 4.79 Å². The van der Waals surface area contributed by atoms with E-state index in [1.54, 1.807) is 0 Å². The lowest BCUT2D eigenvalue weighted by molar-refractivity contribution is -0.138. The number of carbonyl (C=O) groups is 1. The molecular weight excluding hydrogens is 248 g/mol. The summed E-state index contributed by atoms with van der Waals surface area (Å²) in [7, 11) is 0. The zero-order chi connectivity index (χ0) is 14.8. The van der Waals surface area contributed by atoms with Crippen molar-refractivity contribution < 1.29 is 4.79 Å². The quantitative estimate of drug-likeness (QED) is 0.856.